The number of aromatic carboxylic acids is 1. The Bertz CT molecular complexity index is 2030. The van der Waals surface area contributed by atoms with E-state index in [-0.39, 0.29) is 47.4 Å². The van der Waals surface area contributed by atoms with Crippen molar-refractivity contribution in [3.05, 3.63) is 113 Å². The number of hydrogen-bond donors (Lipinski definition) is 1. The average Bonchev–Trinajstić information content (AvgIpc) is 3.64. The molecule has 0 spiro atoms. The van der Waals surface area contributed by atoms with E-state index in [1.165, 1.54) is 17.4 Å². The van der Waals surface area contributed by atoms with Crippen molar-refractivity contribution in [2.75, 3.05) is 6.61 Å². The first-order valence-corrected chi connectivity index (χ1v) is 15.0. The molecule has 7 rings (SSSR count). The molecule has 0 aliphatic carbocycles. The van der Waals surface area contributed by atoms with Crippen molar-refractivity contribution in [1.82, 2.24) is 24.5 Å². The summed E-state index contributed by atoms with van der Waals surface area (Å²) in [6.45, 7) is 1.23. The fourth-order valence-electron chi connectivity index (χ4n) is 5.15. The first-order valence-electron chi connectivity index (χ1n) is 14.2. The summed E-state index contributed by atoms with van der Waals surface area (Å²) in [6.07, 6.45) is 4.24. The number of hydrogen-bond acceptors (Lipinski definition) is 8. The molecule has 0 radical (unpaired) electrons. The normalized spacial score (nSPS) is 14.4. The summed E-state index contributed by atoms with van der Waals surface area (Å²) in [5.74, 6) is -1.59. The molecule has 4 aromatic heterocycles. The van der Waals surface area contributed by atoms with Crippen molar-refractivity contribution >= 4 is 28.3 Å². The molecule has 0 amide bonds. The number of aromatic nitrogens is 5. The lowest BCUT2D eigenvalue weighted by Gasteiger charge is -2.27. The van der Waals surface area contributed by atoms with Crippen LogP contribution in [-0.2, 0) is 24.3 Å². The Hall–Kier alpha value is -5.07. The van der Waals surface area contributed by atoms with Crippen LogP contribution in [0.25, 0.3) is 32.9 Å². The van der Waals surface area contributed by atoms with Crippen molar-refractivity contribution < 1.29 is 28.2 Å². The van der Waals surface area contributed by atoms with Gasteiger partial charge in [-0.25, -0.2) is 28.5 Å². The highest BCUT2D eigenvalue weighted by molar-refractivity contribution is 7.15. The Morgan fingerprint density at radius 1 is 1.02 bits per heavy atom. The molecule has 0 unspecified atom stereocenters. The summed E-state index contributed by atoms with van der Waals surface area (Å²) in [7, 11) is 0. The second kappa shape index (κ2) is 12.1. The van der Waals surface area contributed by atoms with Crippen molar-refractivity contribution in [3.63, 3.8) is 0 Å². The van der Waals surface area contributed by atoms with Crippen molar-refractivity contribution in [2.45, 2.75) is 32.1 Å². The smallest absolute Gasteiger partial charge is 0.335 e. The van der Waals surface area contributed by atoms with Crippen LogP contribution in [0.1, 0.15) is 33.2 Å². The molecule has 5 heterocycles. The molecule has 1 fully saturated rings. The van der Waals surface area contributed by atoms with Crippen LogP contribution in [0.4, 0.5) is 8.78 Å². The van der Waals surface area contributed by atoms with E-state index in [4.69, 9.17) is 9.47 Å². The first-order chi connectivity index (χ1) is 21.9. The Morgan fingerprint density at radius 2 is 1.89 bits per heavy atom. The molecule has 6 aromatic rings. The number of ether oxygens (including phenoxy) is 2. The predicted molar refractivity (Wildman–Crippen MR) is 163 cm³/mol. The van der Waals surface area contributed by atoms with Crippen molar-refractivity contribution in [3.8, 4) is 27.7 Å². The number of carbonyl (C=O) groups is 1. The van der Waals surface area contributed by atoms with E-state index in [1.807, 2.05) is 22.8 Å². The van der Waals surface area contributed by atoms with Crippen LogP contribution >= 0.6 is 11.3 Å². The molecule has 1 atom stereocenters. The zero-order valence-electron chi connectivity index (χ0n) is 23.7. The van der Waals surface area contributed by atoms with Crippen LogP contribution in [0.5, 0.6) is 5.88 Å². The topological polar surface area (TPSA) is 112 Å². The highest BCUT2D eigenvalue weighted by Crippen LogP contribution is 2.30. The average molecular weight is 626 g/mol. The number of rotatable bonds is 10. The molecule has 1 saturated heterocycles. The second-order valence-electron chi connectivity index (χ2n) is 10.5. The maximum Gasteiger partial charge on any atom is 0.335 e. The number of benzene rings is 2. The quantitative estimate of drug-likeness (QED) is 0.182. The molecule has 12 heteroatoms. The monoisotopic (exact) mass is 625 g/mol. The summed E-state index contributed by atoms with van der Waals surface area (Å²) in [5, 5.41) is 10.2. The molecule has 9 nitrogen and oxygen atoms in total. The molecule has 1 N–H and O–H groups in total. The number of thiazole rings is 1. The minimum absolute atomic E-state index is 0.00226. The van der Waals surface area contributed by atoms with Gasteiger partial charge in [-0.1, -0.05) is 12.1 Å². The SMILES string of the molecule is O=C(O)c1ccc2nc(Cc3cc(F)c(-c4cccc(OCc5ncc(-c6ccccn6)s5)n4)cc3F)n(C[C@@H]3CCO3)c2c1. The number of carboxylic acid groups (broad SMARTS) is 1. The minimum Gasteiger partial charge on any atom is -0.478 e. The molecule has 0 bridgehead atoms. The van der Waals surface area contributed by atoms with E-state index in [1.54, 1.807) is 42.7 Å². The molecule has 1 aliphatic rings. The number of nitrogens with zero attached hydrogens (tertiary/aromatic N) is 5. The highest BCUT2D eigenvalue weighted by atomic mass is 32.1. The zero-order chi connectivity index (χ0) is 30.9. The Labute approximate surface area is 259 Å². The molecule has 1 aliphatic heterocycles. The lowest BCUT2D eigenvalue weighted by Crippen LogP contribution is -2.31. The van der Waals surface area contributed by atoms with Gasteiger partial charge in [-0.15, -0.1) is 11.3 Å². The number of fused-ring (bicyclic) bond motifs is 1. The van der Waals surface area contributed by atoms with Gasteiger partial charge in [0.15, 0.2) is 0 Å². The molecule has 2 aromatic carbocycles. The van der Waals surface area contributed by atoms with Gasteiger partial charge in [0.2, 0.25) is 5.88 Å². The van der Waals surface area contributed by atoms with Gasteiger partial charge in [0.1, 0.15) is 29.1 Å². The fraction of sp³-hybridized carbons (Fsp3) is 0.182. The molecular weight excluding hydrogens is 600 g/mol. The molecule has 0 saturated carbocycles. The third-order valence-corrected chi connectivity index (χ3v) is 8.55. The van der Waals surface area contributed by atoms with Crippen molar-refractivity contribution in [2.24, 2.45) is 0 Å². The fourth-order valence-corrected chi connectivity index (χ4v) is 5.96. The molecular formula is C33H25F2N5O4S. The van der Waals surface area contributed by atoms with Crippen LogP contribution in [-0.4, -0.2) is 48.3 Å². The van der Waals surface area contributed by atoms with E-state index in [0.29, 0.717) is 30.0 Å². The number of imidazole rings is 1. The maximum absolute atomic E-state index is 15.5. The Balaban J connectivity index is 1.11. The van der Waals surface area contributed by atoms with Gasteiger partial charge >= 0.3 is 5.97 Å². The summed E-state index contributed by atoms with van der Waals surface area (Å²) in [4.78, 5) is 30.3. The van der Waals surface area contributed by atoms with Gasteiger partial charge in [-0.05, 0) is 60.5 Å². The van der Waals surface area contributed by atoms with Crippen LogP contribution in [0.2, 0.25) is 0 Å². The second-order valence-corrected chi connectivity index (χ2v) is 11.6. The molecule has 226 valence electrons. The number of pyridine rings is 2. The van der Waals surface area contributed by atoms with Crippen LogP contribution < -0.4 is 4.74 Å². The predicted octanol–water partition coefficient (Wildman–Crippen LogP) is 6.55. The summed E-state index contributed by atoms with van der Waals surface area (Å²) >= 11 is 1.45. The van der Waals surface area contributed by atoms with E-state index >= 15 is 8.78 Å². The van der Waals surface area contributed by atoms with Gasteiger partial charge in [-0.3, -0.25) is 4.98 Å². The van der Waals surface area contributed by atoms with Gasteiger partial charge in [0, 0.05) is 37.1 Å². The van der Waals surface area contributed by atoms with E-state index in [0.717, 1.165) is 34.1 Å². The van der Waals surface area contributed by atoms with Crippen LogP contribution in [0.3, 0.4) is 0 Å². The third kappa shape index (κ3) is 6.02. The van der Waals surface area contributed by atoms with E-state index < -0.39 is 17.6 Å². The summed E-state index contributed by atoms with van der Waals surface area (Å²) in [5.41, 5.74) is 2.43. The van der Waals surface area contributed by atoms with E-state index in [2.05, 4.69) is 19.9 Å². The van der Waals surface area contributed by atoms with Gasteiger partial charge < -0.3 is 19.1 Å². The van der Waals surface area contributed by atoms with Crippen LogP contribution in [0.15, 0.2) is 79.1 Å². The van der Waals surface area contributed by atoms with E-state index in [9.17, 15) is 9.90 Å². The Kier molecular flexibility index (Phi) is 7.74. The van der Waals surface area contributed by atoms with Crippen molar-refractivity contribution in [1.29, 1.82) is 0 Å². The lowest BCUT2D eigenvalue weighted by atomic mass is 10.0. The standard InChI is InChI=1S/C33H25F2N5O4S/c34-23-15-22(25-5-3-6-31(39-25)44-18-32-37-16-29(45-32)27-4-1-2-10-36-27)24(35)12-20(23)14-30-38-26-8-7-19(33(41)42)13-28(26)40(30)17-21-9-11-43-21/h1-8,10,12-13,15-16,21H,9,11,14,17-18H2,(H,41,42)/t21-/m0/s1. The van der Waals surface area contributed by atoms with Gasteiger partial charge in [0.05, 0.1) is 45.5 Å². The number of halogens is 2. The zero-order valence-corrected chi connectivity index (χ0v) is 24.5. The van der Waals surface area contributed by atoms with Crippen LogP contribution in [0, 0.1) is 11.6 Å². The summed E-state index contributed by atoms with van der Waals surface area (Å²) in [6, 6.07) is 17.5. The summed E-state index contributed by atoms with van der Waals surface area (Å²) < 4.78 is 44.3. The largest absolute Gasteiger partial charge is 0.478 e. The molecule has 45 heavy (non-hydrogen) atoms. The Morgan fingerprint density at radius 3 is 2.67 bits per heavy atom. The third-order valence-electron chi connectivity index (χ3n) is 7.55. The first kappa shape index (κ1) is 28.7. The van der Waals surface area contributed by atoms with Gasteiger partial charge in [0.25, 0.3) is 0 Å². The minimum atomic E-state index is -1.06. The lowest BCUT2D eigenvalue weighted by molar-refractivity contribution is -0.0589. The van der Waals surface area contributed by atoms with Gasteiger partial charge in [-0.2, -0.15) is 0 Å². The maximum atomic E-state index is 15.5. The highest BCUT2D eigenvalue weighted by Gasteiger charge is 2.24. The number of carboxylic acids is 1.